The number of nitrogens with zero attached hydrogens (tertiary/aromatic N) is 1. The maximum absolute atomic E-state index is 3.09. The van der Waals surface area contributed by atoms with Crippen LogP contribution in [0, 0.1) is 0 Å². The van der Waals surface area contributed by atoms with Gasteiger partial charge in [0, 0.05) is 0 Å². The van der Waals surface area contributed by atoms with E-state index in [9.17, 15) is 0 Å². The summed E-state index contributed by atoms with van der Waals surface area (Å²) in [5, 5.41) is 0. The maximum atomic E-state index is 3.09. The number of unbranched alkanes of at least 4 members (excludes halogenated alkanes) is 12. The van der Waals surface area contributed by atoms with Crippen molar-refractivity contribution in [2.45, 2.75) is 103 Å². The van der Waals surface area contributed by atoms with Gasteiger partial charge in [0.25, 0.3) is 0 Å². The number of aromatic nitrogens is 2. The quantitative estimate of drug-likeness (QED) is 0.208. The second-order valence-corrected chi connectivity index (χ2v) is 6.79. The van der Waals surface area contributed by atoms with Gasteiger partial charge in [-0.25, -0.2) is 4.57 Å². The first kappa shape index (κ1) is 20.0. The average Bonchev–Trinajstić information content (AvgIpc) is 3.08. The molecule has 1 N–H and O–H groups in total. The molecule has 0 bridgehead atoms. The number of hydrogen-bond acceptors (Lipinski definition) is 0. The molecule has 0 aliphatic carbocycles. The van der Waals surface area contributed by atoms with Crippen LogP contribution in [0.15, 0.2) is 30.9 Å². The normalized spacial score (nSPS) is 11.5. The molecule has 1 aromatic heterocycles. The lowest BCUT2D eigenvalue weighted by Crippen LogP contribution is -2.30. The minimum absolute atomic E-state index is 1.16. The highest BCUT2D eigenvalue weighted by molar-refractivity contribution is 4.81. The zero-order valence-corrected chi connectivity index (χ0v) is 15.4. The summed E-state index contributed by atoms with van der Waals surface area (Å²) < 4.78 is 2.23. The van der Waals surface area contributed by atoms with E-state index >= 15 is 0 Å². The standard InChI is InChI=1S/C21H38N2/c1-2-3-4-5-6-7-8-9-10-11-12-13-14-15-16-17-19-23-20-18-22-21-23/h9-10,18,20-21H,2-8,11-17,19H2,1H3/p+1/b10-9-. The second kappa shape index (κ2) is 15.8. The van der Waals surface area contributed by atoms with E-state index in [-0.39, 0.29) is 0 Å². The van der Waals surface area contributed by atoms with Gasteiger partial charge in [-0.3, -0.25) is 4.98 Å². The number of allylic oxidation sites excluding steroid dienone is 2. The summed E-state index contributed by atoms with van der Waals surface area (Å²) in [6.45, 7) is 3.44. The van der Waals surface area contributed by atoms with Crippen molar-refractivity contribution in [2.75, 3.05) is 0 Å². The van der Waals surface area contributed by atoms with Crippen molar-refractivity contribution < 1.29 is 4.57 Å². The summed E-state index contributed by atoms with van der Waals surface area (Å²) >= 11 is 0. The number of imidazole rings is 1. The lowest BCUT2D eigenvalue weighted by atomic mass is 10.1. The molecule has 1 aromatic rings. The van der Waals surface area contributed by atoms with Crippen molar-refractivity contribution in [3.8, 4) is 0 Å². The third-order valence-corrected chi connectivity index (χ3v) is 4.53. The van der Waals surface area contributed by atoms with Crippen LogP contribution in [0.3, 0.4) is 0 Å². The first-order valence-corrected chi connectivity index (χ1v) is 10.1. The van der Waals surface area contributed by atoms with E-state index in [4.69, 9.17) is 0 Å². The van der Waals surface area contributed by atoms with E-state index in [1.165, 1.54) is 89.9 Å². The van der Waals surface area contributed by atoms with Crippen LogP contribution >= 0.6 is 0 Å². The Balaban J connectivity index is 1.73. The number of nitrogens with one attached hydrogen (secondary N) is 1. The molecule has 0 aliphatic rings. The lowest BCUT2D eigenvalue weighted by molar-refractivity contribution is -0.696. The molecular formula is C21H39N2+. The molecule has 0 saturated heterocycles. The summed E-state index contributed by atoms with van der Waals surface area (Å²) in [6.07, 6.45) is 30.2. The van der Waals surface area contributed by atoms with Crippen LogP contribution in [0.1, 0.15) is 96.8 Å². The molecule has 0 unspecified atom stereocenters. The molecule has 23 heavy (non-hydrogen) atoms. The summed E-state index contributed by atoms with van der Waals surface area (Å²) in [5.41, 5.74) is 0. The van der Waals surface area contributed by atoms with Crippen LogP contribution < -0.4 is 4.57 Å². The molecule has 0 atom stereocenters. The van der Waals surface area contributed by atoms with Gasteiger partial charge in [-0.2, -0.15) is 0 Å². The van der Waals surface area contributed by atoms with Gasteiger partial charge < -0.3 is 0 Å². The highest BCUT2D eigenvalue weighted by atomic mass is 15.0. The van der Waals surface area contributed by atoms with Gasteiger partial charge in [0.05, 0.1) is 6.54 Å². The predicted molar refractivity (Wildman–Crippen MR) is 100 cm³/mol. The molecular weight excluding hydrogens is 280 g/mol. The number of rotatable bonds is 16. The van der Waals surface area contributed by atoms with Crippen LogP contribution in [0.4, 0.5) is 0 Å². The zero-order valence-electron chi connectivity index (χ0n) is 15.4. The van der Waals surface area contributed by atoms with E-state index in [2.05, 4.69) is 34.8 Å². The Morgan fingerprint density at radius 1 is 0.739 bits per heavy atom. The summed E-state index contributed by atoms with van der Waals surface area (Å²) in [4.78, 5) is 3.09. The minimum atomic E-state index is 1.16. The molecule has 132 valence electrons. The van der Waals surface area contributed by atoms with Gasteiger partial charge in [-0.05, 0) is 38.5 Å². The Bertz CT molecular complexity index is 354. The van der Waals surface area contributed by atoms with Crippen molar-refractivity contribution in [1.29, 1.82) is 0 Å². The second-order valence-electron chi connectivity index (χ2n) is 6.79. The molecule has 1 rings (SSSR count). The first-order chi connectivity index (χ1) is 11.4. The minimum Gasteiger partial charge on any atom is -0.250 e. The average molecular weight is 320 g/mol. The summed E-state index contributed by atoms with van der Waals surface area (Å²) in [6, 6.07) is 0. The largest absolute Gasteiger partial charge is 0.250 e. The fourth-order valence-corrected chi connectivity index (χ4v) is 3.00. The third-order valence-electron chi connectivity index (χ3n) is 4.53. The van der Waals surface area contributed by atoms with E-state index in [1.54, 1.807) is 0 Å². The van der Waals surface area contributed by atoms with Gasteiger partial charge in [-0.1, -0.05) is 70.4 Å². The summed E-state index contributed by atoms with van der Waals surface area (Å²) in [5.74, 6) is 0. The summed E-state index contributed by atoms with van der Waals surface area (Å²) in [7, 11) is 0. The number of H-pyrrole nitrogens is 1. The lowest BCUT2D eigenvalue weighted by Gasteiger charge is -2.00. The van der Waals surface area contributed by atoms with Crippen LogP contribution in [-0.4, -0.2) is 4.98 Å². The molecule has 2 heteroatoms. The zero-order chi connectivity index (χ0) is 16.4. The predicted octanol–water partition coefficient (Wildman–Crippen LogP) is 6.34. The molecule has 1 heterocycles. The van der Waals surface area contributed by atoms with Crippen molar-refractivity contribution in [1.82, 2.24) is 4.98 Å². The Hall–Kier alpha value is -1.05. The molecule has 0 amide bonds. The topological polar surface area (TPSA) is 19.7 Å². The van der Waals surface area contributed by atoms with Crippen molar-refractivity contribution >= 4 is 0 Å². The van der Waals surface area contributed by atoms with Gasteiger partial charge in [-0.15, -0.1) is 0 Å². The Morgan fingerprint density at radius 2 is 1.30 bits per heavy atom. The number of aryl methyl sites for hydroxylation is 1. The first-order valence-electron chi connectivity index (χ1n) is 10.1. The van der Waals surface area contributed by atoms with Crippen molar-refractivity contribution in [3.63, 3.8) is 0 Å². The van der Waals surface area contributed by atoms with Gasteiger partial charge >= 0.3 is 0 Å². The maximum Gasteiger partial charge on any atom is 0.241 e. The Labute approximate surface area is 144 Å². The van der Waals surface area contributed by atoms with E-state index in [0.717, 1.165) is 6.54 Å². The number of hydrogen-bond donors (Lipinski definition) is 1. The van der Waals surface area contributed by atoms with Crippen LogP contribution in [0.2, 0.25) is 0 Å². The molecule has 0 spiro atoms. The van der Waals surface area contributed by atoms with Crippen LogP contribution in [0.25, 0.3) is 0 Å². The van der Waals surface area contributed by atoms with Crippen molar-refractivity contribution in [3.05, 3.63) is 30.9 Å². The highest BCUT2D eigenvalue weighted by Gasteiger charge is 1.96. The molecule has 0 fully saturated rings. The fraction of sp³-hybridized carbons (Fsp3) is 0.762. The van der Waals surface area contributed by atoms with Gasteiger partial charge in [0.2, 0.25) is 6.33 Å². The van der Waals surface area contributed by atoms with Gasteiger partial charge in [0.15, 0.2) is 0 Å². The van der Waals surface area contributed by atoms with Crippen LogP contribution in [0.5, 0.6) is 0 Å². The third kappa shape index (κ3) is 13.1. The molecule has 2 nitrogen and oxygen atoms in total. The highest BCUT2D eigenvalue weighted by Crippen LogP contribution is 2.09. The Kier molecular flexibility index (Phi) is 13.8. The van der Waals surface area contributed by atoms with Crippen LogP contribution in [-0.2, 0) is 6.54 Å². The van der Waals surface area contributed by atoms with E-state index in [1.807, 2.05) is 12.5 Å². The SMILES string of the molecule is CCCCCCCC/C=C\CCCCCCCC[n+]1cc[nH]c1. The monoisotopic (exact) mass is 319 g/mol. The van der Waals surface area contributed by atoms with Crippen molar-refractivity contribution in [2.24, 2.45) is 0 Å². The number of aromatic amines is 1. The van der Waals surface area contributed by atoms with E-state index < -0.39 is 0 Å². The fourth-order valence-electron chi connectivity index (χ4n) is 3.00. The molecule has 0 saturated carbocycles. The molecule has 0 radical (unpaired) electrons. The smallest absolute Gasteiger partial charge is 0.241 e. The van der Waals surface area contributed by atoms with E-state index in [0.29, 0.717) is 0 Å². The van der Waals surface area contributed by atoms with Gasteiger partial charge in [0.1, 0.15) is 12.4 Å². The molecule has 0 aromatic carbocycles. The molecule has 0 aliphatic heterocycles. The Morgan fingerprint density at radius 3 is 1.87 bits per heavy atom.